The Hall–Kier alpha value is -1.71. The summed E-state index contributed by atoms with van der Waals surface area (Å²) in [5.41, 5.74) is 3.93. The molecule has 0 radical (unpaired) electrons. The van der Waals surface area contributed by atoms with E-state index in [2.05, 4.69) is 37.4 Å². The molecule has 1 aliphatic rings. The van der Waals surface area contributed by atoms with Crippen LogP contribution in [0.1, 0.15) is 37.8 Å². The third kappa shape index (κ3) is 3.90. The van der Waals surface area contributed by atoms with Crippen LogP contribution in [0.4, 0.5) is 10.5 Å². The Balaban J connectivity index is 1.94. The zero-order chi connectivity index (χ0) is 15.2. The predicted octanol–water partition coefficient (Wildman–Crippen LogP) is 3.59. The lowest BCUT2D eigenvalue weighted by Gasteiger charge is -2.33. The van der Waals surface area contributed by atoms with Crippen molar-refractivity contribution in [3.63, 3.8) is 0 Å². The van der Waals surface area contributed by atoms with Gasteiger partial charge in [-0.1, -0.05) is 25.1 Å². The number of piperidine rings is 1. The highest BCUT2D eigenvalue weighted by atomic mass is 16.6. The molecular formula is C17H26N2O2. The molecule has 0 bridgehead atoms. The van der Waals surface area contributed by atoms with Crippen LogP contribution in [0.15, 0.2) is 18.2 Å². The monoisotopic (exact) mass is 290 g/mol. The third-order valence-corrected chi connectivity index (χ3v) is 4.11. The van der Waals surface area contributed by atoms with Crippen molar-refractivity contribution in [3.8, 4) is 0 Å². The van der Waals surface area contributed by atoms with E-state index >= 15 is 0 Å². The second kappa shape index (κ2) is 7.34. The van der Waals surface area contributed by atoms with Crippen LogP contribution in [0.5, 0.6) is 0 Å². The molecule has 1 saturated heterocycles. The van der Waals surface area contributed by atoms with Gasteiger partial charge < -0.3 is 15.0 Å². The first kappa shape index (κ1) is 15.7. The molecule has 2 rings (SSSR count). The summed E-state index contributed by atoms with van der Waals surface area (Å²) in [6, 6.07) is 6.88. The third-order valence-electron chi connectivity index (χ3n) is 4.11. The van der Waals surface area contributed by atoms with Gasteiger partial charge in [-0.3, -0.25) is 0 Å². The number of likely N-dealkylation sites (tertiary alicyclic amines) is 1. The van der Waals surface area contributed by atoms with E-state index in [-0.39, 0.29) is 6.09 Å². The molecule has 0 saturated carbocycles. The van der Waals surface area contributed by atoms with Gasteiger partial charge in [0.25, 0.3) is 0 Å². The molecular weight excluding hydrogens is 264 g/mol. The SMILES string of the molecule is CCOC(=O)N1CCC(Nc2c(C)cccc2CC)CC1. The fraction of sp³-hybridized carbons (Fsp3) is 0.588. The van der Waals surface area contributed by atoms with Gasteiger partial charge in [-0.05, 0) is 44.2 Å². The van der Waals surface area contributed by atoms with Crippen molar-refractivity contribution in [2.45, 2.75) is 46.1 Å². The van der Waals surface area contributed by atoms with E-state index in [4.69, 9.17) is 4.74 Å². The lowest BCUT2D eigenvalue weighted by Crippen LogP contribution is -2.42. The Bertz CT molecular complexity index is 480. The van der Waals surface area contributed by atoms with Gasteiger partial charge in [0.05, 0.1) is 6.61 Å². The number of nitrogens with one attached hydrogen (secondary N) is 1. The van der Waals surface area contributed by atoms with Crippen LogP contribution < -0.4 is 5.32 Å². The Labute approximate surface area is 127 Å². The summed E-state index contributed by atoms with van der Waals surface area (Å²) in [5.74, 6) is 0. The first-order valence-electron chi connectivity index (χ1n) is 7.92. The molecule has 1 amide bonds. The maximum atomic E-state index is 11.7. The largest absolute Gasteiger partial charge is 0.450 e. The molecule has 1 fully saturated rings. The van der Waals surface area contributed by atoms with E-state index in [0.29, 0.717) is 12.6 Å². The van der Waals surface area contributed by atoms with Gasteiger partial charge in [0, 0.05) is 24.8 Å². The minimum atomic E-state index is -0.180. The smallest absolute Gasteiger partial charge is 0.409 e. The van der Waals surface area contributed by atoms with Gasteiger partial charge in [0.1, 0.15) is 0 Å². The van der Waals surface area contributed by atoms with Crippen LogP contribution in [0.3, 0.4) is 0 Å². The minimum Gasteiger partial charge on any atom is -0.450 e. The molecule has 1 aromatic carbocycles. The number of aryl methyl sites for hydroxylation is 2. The standard InChI is InChI=1S/C17H26N2O2/c1-4-14-8-6-7-13(3)16(14)18-15-9-11-19(12-10-15)17(20)21-5-2/h6-8,15,18H,4-5,9-12H2,1-3H3. The summed E-state index contributed by atoms with van der Waals surface area (Å²) >= 11 is 0. The van der Waals surface area contributed by atoms with Crippen LogP contribution in [0.2, 0.25) is 0 Å². The van der Waals surface area contributed by atoms with Gasteiger partial charge in [0.15, 0.2) is 0 Å². The zero-order valence-corrected chi connectivity index (χ0v) is 13.3. The maximum Gasteiger partial charge on any atom is 0.409 e. The first-order valence-corrected chi connectivity index (χ1v) is 7.92. The van der Waals surface area contributed by atoms with Crippen LogP contribution in [0.25, 0.3) is 0 Å². The molecule has 0 aliphatic carbocycles. The van der Waals surface area contributed by atoms with E-state index in [1.54, 1.807) is 4.90 Å². The predicted molar refractivity (Wildman–Crippen MR) is 85.8 cm³/mol. The molecule has 116 valence electrons. The number of hydrogen-bond donors (Lipinski definition) is 1. The molecule has 0 spiro atoms. The summed E-state index contributed by atoms with van der Waals surface area (Å²) < 4.78 is 5.06. The number of ether oxygens (including phenoxy) is 1. The molecule has 1 aromatic rings. The number of hydrogen-bond acceptors (Lipinski definition) is 3. The average molecular weight is 290 g/mol. The molecule has 1 N–H and O–H groups in total. The Morgan fingerprint density at radius 3 is 2.67 bits per heavy atom. The summed E-state index contributed by atoms with van der Waals surface area (Å²) in [4.78, 5) is 13.5. The van der Waals surface area contributed by atoms with E-state index in [0.717, 1.165) is 32.4 Å². The number of anilines is 1. The number of amides is 1. The fourth-order valence-electron chi connectivity index (χ4n) is 2.85. The molecule has 0 unspecified atom stereocenters. The Morgan fingerprint density at radius 2 is 2.05 bits per heavy atom. The highest BCUT2D eigenvalue weighted by Gasteiger charge is 2.24. The number of nitrogens with zero attached hydrogens (tertiary/aromatic N) is 1. The summed E-state index contributed by atoms with van der Waals surface area (Å²) in [6.07, 6.45) is 2.79. The van der Waals surface area contributed by atoms with Crippen LogP contribution in [-0.4, -0.2) is 36.7 Å². The van der Waals surface area contributed by atoms with Gasteiger partial charge in [-0.25, -0.2) is 4.79 Å². The number of carbonyl (C=O) groups excluding carboxylic acids is 1. The lowest BCUT2D eigenvalue weighted by molar-refractivity contribution is 0.0983. The fourth-order valence-corrected chi connectivity index (χ4v) is 2.85. The molecule has 1 heterocycles. The number of para-hydroxylation sites is 1. The molecule has 4 heteroatoms. The average Bonchev–Trinajstić information content (AvgIpc) is 2.50. The van der Waals surface area contributed by atoms with E-state index < -0.39 is 0 Å². The van der Waals surface area contributed by atoms with Gasteiger partial charge in [-0.2, -0.15) is 0 Å². The molecule has 0 atom stereocenters. The molecule has 21 heavy (non-hydrogen) atoms. The highest BCUT2D eigenvalue weighted by molar-refractivity contribution is 5.67. The quantitative estimate of drug-likeness (QED) is 0.921. The van der Waals surface area contributed by atoms with Crippen molar-refractivity contribution in [2.24, 2.45) is 0 Å². The first-order chi connectivity index (χ1) is 10.2. The number of benzene rings is 1. The van der Waals surface area contributed by atoms with E-state index in [1.165, 1.54) is 16.8 Å². The van der Waals surface area contributed by atoms with Crippen molar-refractivity contribution < 1.29 is 9.53 Å². The van der Waals surface area contributed by atoms with Gasteiger partial charge >= 0.3 is 6.09 Å². The molecule has 4 nitrogen and oxygen atoms in total. The second-order valence-electron chi connectivity index (χ2n) is 5.57. The van der Waals surface area contributed by atoms with Crippen molar-refractivity contribution in [1.82, 2.24) is 4.90 Å². The van der Waals surface area contributed by atoms with Crippen LogP contribution in [0, 0.1) is 6.92 Å². The normalized spacial score (nSPS) is 15.9. The van der Waals surface area contributed by atoms with E-state index in [9.17, 15) is 4.79 Å². The zero-order valence-electron chi connectivity index (χ0n) is 13.3. The Kier molecular flexibility index (Phi) is 5.48. The summed E-state index contributed by atoms with van der Waals surface area (Å²) in [7, 11) is 0. The van der Waals surface area contributed by atoms with Gasteiger partial charge in [0.2, 0.25) is 0 Å². The number of carbonyl (C=O) groups is 1. The maximum absolute atomic E-state index is 11.7. The topological polar surface area (TPSA) is 41.6 Å². The van der Waals surface area contributed by atoms with Crippen molar-refractivity contribution in [3.05, 3.63) is 29.3 Å². The van der Waals surface area contributed by atoms with Crippen molar-refractivity contribution in [1.29, 1.82) is 0 Å². The van der Waals surface area contributed by atoms with Crippen LogP contribution in [-0.2, 0) is 11.2 Å². The minimum absolute atomic E-state index is 0.180. The number of rotatable bonds is 4. The van der Waals surface area contributed by atoms with Gasteiger partial charge in [-0.15, -0.1) is 0 Å². The van der Waals surface area contributed by atoms with Crippen molar-refractivity contribution in [2.75, 3.05) is 25.0 Å². The summed E-state index contributed by atoms with van der Waals surface area (Å²) in [6.45, 7) is 8.16. The van der Waals surface area contributed by atoms with Crippen LogP contribution >= 0.6 is 0 Å². The molecule has 0 aromatic heterocycles. The van der Waals surface area contributed by atoms with E-state index in [1.807, 2.05) is 6.92 Å². The Morgan fingerprint density at radius 1 is 1.33 bits per heavy atom. The second-order valence-corrected chi connectivity index (χ2v) is 5.57. The lowest BCUT2D eigenvalue weighted by atomic mass is 10.0. The highest BCUT2D eigenvalue weighted by Crippen LogP contribution is 2.24. The summed E-state index contributed by atoms with van der Waals surface area (Å²) in [5, 5.41) is 3.68. The van der Waals surface area contributed by atoms with Crippen molar-refractivity contribution >= 4 is 11.8 Å². The molecule has 1 aliphatic heterocycles.